The molecular formula is C7H8N2O3. The highest BCUT2D eigenvalue weighted by Gasteiger charge is 2.25. The van der Waals surface area contributed by atoms with Crippen molar-refractivity contribution in [2.45, 2.75) is 13.5 Å². The Bertz CT molecular complexity index is 343. The molecular weight excluding hydrogens is 160 g/mol. The monoisotopic (exact) mass is 168 g/mol. The molecule has 1 aromatic heterocycles. The van der Waals surface area contributed by atoms with Crippen LogP contribution in [0.25, 0.3) is 0 Å². The summed E-state index contributed by atoms with van der Waals surface area (Å²) in [4.78, 5) is 10.7. The van der Waals surface area contributed by atoms with Crippen LogP contribution in [0.2, 0.25) is 0 Å². The second-order valence-corrected chi connectivity index (χ2v) is 2.64. The number of aromatic nitrogens is 2. The molecule has 0 fully saturated rings. The predicted octanol–water partition coefficient (Wildman–Crippen LogP) is 0.282. The molecule has 0 amide bonds. The molecule has 1 N–H and O–H groups in total. The highest BCUT2D eigenvalue weighted by atomic mass is 16.5. The minimum absolute atomic E-state index is 0.188. The van der Waals surface area contributed by atoms with Gasteiger partial charge in [-0.15, -0.1) is 0 Å². The molecule has 0 saturated carbocycles. The van der Waals surface area contributed by atoms with Crippen molar-refractivity contribution >= 4 is 5.97 Å². The molecule has 1 aromatic rings. The standard InChI is InChI=1S/C7H8N2O3/c1-4-5(7(10)11)6-9(8-4)2-3-12-6/h2-3H2,1H3,(H,10,11). The van der Waals surface area contributed by atoms with Gasteiger partial charge >= 0.3 is 5.97 Å². The first-order valence-electron chi connectivity index (χ1n) is 3.63. The summed E-state index contributed by atoms with van der Waals surface area (Å²) in [5.74, 6) is -0.587. The van der Waals surface area contributed by atoms with E-state index in [4.69, 9.17) is 9.84 Å². The normalized spacial score (nSPS) is 14.1. The fraction of sp³-hybridized carbons (Fsp3) is 0.429. The number of fused-ring (bicyclic) bond motifs is 1. The van der Waals surface area contributed by atoms with Crippen LogP contribution < -0.4 is 4.74 Å². The van der Waals surface area contributed by atoms with Gasteiger partial charge in [-0.05, 0) is 6.92 Å². The van der Waals surface area contributed by atoms with E-state index in [1.54, 1.807) is 11.6 Å². The van der Waals surface area contributed by atoms with E-state index in [9.17, 15) is 4.79 Å². The number of hydrogen-bond donors (Lipinski definition) is 1. The summed E-state index contributed by atoms with van der Waals surface area (Å²) in [5.41, 5.74) is 0.699. The Morgan fingerprint density at radius 1 is 1.75 bits per heavy atom. The smallest absolute Gasteiger partial charge is 0.343 e. The van der Waals surface area contributed by atoms with Crippen LogP contribution in [0.1, 0.15) is 16.1 Å². The fourth-order valence-electron chi connectivity index (χ4n) is 1.33. The minimum atomic E-state index is -0.976. The molecule has 1 aliphatic rings. The predicted molar refractivity (Wildman–Crippen MR) is 39.4 cm³/mol. The Morgan fingerprint density at radius 3 is 3.17 bits per heavy atom. The number of aromatic carboxylic acids is 1. The van der Waals surface area contributed by atoms with Crippen LogP contribution in [-0.2, 0) is 6.54 Å². The number of carboxylic acids is 1. The summed E-state index contributed by atoms with van der Waals surface area (Å²) < 4.78 is 6.71. The Hall–Kier alpha value is -1.52. The highest BCUT2D eigenvalue weighted by Crippen LogP contribution is 2.25. The second-order valence-electron chi connectivity index (χ2n) is 2.64. The largest absolute Gasteiger partial charge is 0.477 e. The van der Waals surface area contributed by atoms with Crippen LogP contribution in [0.3, 0.4) is 0 Å². The first-order chi connectivity index (χ1) is 5.70. The molecule has 0 spiro atoms. The van der Waals surface area contributed by atoms with Crippen molar-refractivity contribution in [2.75, 3.05) is 6.61 Å². The zero-order valence-electron chi connectivity index (χ0n) is 6.57. The average molecular weight is 168 g/mol. The molecule has 2 rings (SSSR count). The van der Waals surface area contributed by atoms with E-state index in [0.29, 0.717) is 24.7 Å². The molecule has 0 aromatic carbocycles. The van der Waals surface area contributed by atoms with E-state index < -0.39 is 5.97 Å². The van der Waals surface area contributed by atoms with Gasteiger partial charge in [0, 0.05) is 0 Å². The summed E-state index contributed by atoms with van der Waals surface area (Å²) >= 11 is 0. The number of carbonyl (C=O) groups is 1. The number of hydrogen-bond acceptors (Lipinski definition) is 3. The van der Waals surface area contributed by atoms with Gasteiger partial charge in [-0.3, -0.25) is 0 Å². The third kappa shape index (κ3) is 0.792. The lowest BCUT2D eigenvalue weighted by molar-refractivity contribution is 0.0692. The third-order valence-electron chi connectivity index (χ3n) is 1.84. The van der Waals surface area contributed by atoms with Gasteiger partial charge in [-0.2, -0.15) is 5.10 Å². The minimum Gasteiger partial charge on any atom is -0.477 e. The average Bonchev–Trinajstić information content (AvgIpc) is 2.44. The van der Waals surface area contributed by atoms with E-state index in [0.717, 1.165) is 0 Å². The molecule has 0 saturated heterocycles. The summed E-state index contributed by atoms with van der Waals surface area (Å²) in [5, 5.41) is 12.8. The van der Waals surface area contributed by atoms with Crippen LogP contribution in [0.5, 0.6) is 5.88 Å². The zero-order valence-corrected chi connectivity index (χ0v) is 6.57. The molecule has 64 valence electrons. The number of rotatable bonds is 1. The van der Waals surface area contributed by atoms with Crippen LogP contribution in [0.15, 0.2) is 0 Å². The second kappa shape index (κ2) is 2.23. The van der Waals surface area contributed by atoms with Gasteiger partial charge in [0.1, 0.15) is 12.2 Å². The third-order valence-corrected chi connectivity index (χ3v) is 1.84. The molecule has 2 heterocycles. The van der Waals surface area contributed by atoms with Crippen LogP contribution >= 0.6 is 0 Å². The van der Waals surface area contributed by atoms with E-state index in [-0.39, 0.29) is 5.56 Å². The zero-order chi connectivity index (χ0) is 8.72. The maximum Gasteiger partial charge on any atom is 0.343 e. The lowest BCUT2D eigenvalue weighted by Gasteiger charge is -1.94. The Kier molecular flexibility index (Phi) is 1.33. The SMILES string of the molecule is Cc1nn2c(c1C(=O)O)OCC2. The molecule has 0 radical (unpaired) electrons. The van der Waals surface area contributed by atoms with Crippen LogP contribution in [-0.4, -0.2) is 27.5 Å². The molecule has 5 heteroatoms. The highest BCUT2D eigenvalue weighted by molar-refractivity contribution is 5.91. The van der Waals surface area contributed by atoms with Gasteiger partial charge in [0.05, 0.1) is 12.2 Å². The summed E-state index contributed by atoms with van der Waals surface area (Å²) in [7, 11) is 0. The lowest BCUT2D eigenvalue weighted by Crippen LogP contribution is -2.01. The van der Waals surface area contributed by atoms with Gasteiger partial charge in [0.2, 0.25) is 5.88 Å². The summed E-state index contributed by atoms with van der Waals surface area (Å²) in [6, 6.07) is 0. The van der Waals surface area contributed by atoms with Crippen molar-refractivity contribution in [3.63, 3.8) is 0 Å². The molecule has 5 nitrogen and oxygen atoms in total. The molecule has 0 atom stereocenters. The van der Waals surface area contributed by atoms with Gasteiger partial charge in [0.15, 0.2) is 0 Å². The number of aryl methyl sites for hydroxylation is 1. The van der Waals surface area contributed by atoms with Gasteiger partial charge in [-0.1, -0.05) is 0 Å². The lowest BCUT2D eigenvalue weighted by atomic mass is 10.2. The topological polar surface area (TPSA) is 64.4 Å². The van der Waals surface area contributed by atoms with E-state index >= 15 is 0 Å². The number of nitrogens with zero attached hydrogens (tertiary/aromatic N) is 2. The van der Waals surface area contributed by atoms with Gasteiger partial charge in [-0.25, -0.2) is 9.48 Å². The maximum absolute atomic E-state index is 10.7. The molecule has 0 unspecified atom stereocenters. The van der Waals surface area contributed by atoms with Crippen LogP contribution in [0.4, 0.5) is 0 Å². The van der Waals surface area contributed by atoms with Crippen molar-refractivity contribution in [3.05, 3.63) is 11.3 Å². The molecule has 0 bridgehead atoms. The van der Waals surface area contributed by atoms with E-state index in [2.05, 4.69) is 5.10 Å². The Morgan fingerprint density at radius 2 is 2.50 bits per heavy atom. The quantitative estimate of drug-likeness (QED) is 0.654. The van der Waals surface area contributed by atoms with Crippen molar-refractivity contribution in [1.82, 2.24) is 9.78 Å². The Labute approximate surface area is 68.6 Å². The van der Waals surface area contributed by atoms with Crippen molar-refractivity contribution in [1.29, 1.82) is 0 Å². The van der Waals surface area contributed by atoms with E-state index in [1.807, 2.05) is 0 Å². The number of ether oxygens (including phenoxy) is 1. The van der Waals surface area contributed by atoms with Gasteiger partial charge < -0.3 is 9.84 Å². The van der Waals surface area contributed by atoms with Gasteiger partial charge in [0.25, 0.3) is 0 Å². The molecule has 12 heavy (non-hydrogen) atoms. The first-order valence-corrected chi connectivity index (χ1v) is 3.63. The fourth-order valence-corrected chi connectivity index (χ4v) is 1.33. The molecule has 1 aliphatic heterocycles. The summed E-state index contributed by atoms with van der Waals surface area (Å²) in [6.07, 6.45) is 0. The first kappa shape index (κ1) is 7.15. The van der Waals surface area contributed by atoms with E-state index in [1.165, 1.54) is 0 Å². The van der Waals surface area contributed by atoms with Crippen LogP contribution in [0, 0.1) is 6.92 Å². The molecule has 0 aliphatic carbocycles. The maximum atomic E-state index is 10.7. The van der Waals surface area contributed by atoms with Crippen molar-refractivity contribution < 1.29 is 14.6 Å². The van der Waals surface area contributed by atoms with Crippen molar-refractivity contribution in [3.8, 4) is 5.88 Å². The number of carboxylic acid groups (broad SMARTS) is 1. The Balaban J connectivity index is 2.59. The van der Waals surface area contributed by atoms with Crippen molar-refractivity contribution in [2.24, 2.45) is 0 Å². The summed E-state index contributed by atoms with van der Waals surface area (Å²) in [6.45, 7) is 2.82.